The molecule has 0 radical (unpaired) electrons. The highest BCUT2D eigenvalue weighted by atomic mass is 16.5. The lowest BCUT2D eigenvalue weighted by atomic mass is 9.83. The van der Waals surface area contributed by atoms with Crippen LogP contribution in [0, 0.1) is 23.2 Å². The van der Waals surface area contributed by atoms with Crippen LogP contribution >= 0.6 is 0 Å². The van der Waals surface area contributed by atoms with Gasteiger partial charge in [-0.2, -0.15) is 0 Å². The third-order valence-electron chi connectivity index (χ3n) is 7.84. The lowest BCUT2D eigenvalue weighted by molar-refractivity contribution is -0.162. The maximum atomic E-state index is 14.6. The minimum absolute atomic E-state index is 0.00835. The van der Waals surface area contributed by atoms with Crippen LogP contribution in [0.15, 0.2) is 60.7 Å². The minimum Gasteiger partial charge on any atom is -0.464 e. The van der Waals surface area contributed by atoms with Gasteiger partial charge < -0.3 is 9.64 Å². The summed E-state index contributed by atoms with van der Waals surface area (Å²) in [5.74, 6) is 6.00. The minimum atomic E-state index is -0.560. The van der Waals surface area contributed by atoms with Crippen molar-refractivity contribution in [2.75, 3.05) is 20.2 Å². The first kappa shape index (κ1) is 27.9. The summed E-state index contributed by atoms with van der Waals surface area (Å²) in [5.41, 5.74) is 1.85. The molecule has 2 bridgehead atoms. The Kier molecular flexibility index (Phi) is 8.95. The molecule has 5 nitrogen and oxygen atoms in total. The number of hydrogen-bond donors (Lipinski definition) is 0. The van der Waals surface area contributed by atoms with E-state index in [2.05, 4.69) is 44.6 Å². The van der Waals surface area contributed by atoms with E-state index in [-0.39, 0.29) is 35.3 Å². The van der Waals surface area contributed by atoms with Crippen LogP contribution in [0.3, 0.4) is 0 Å². The molecule has 1 aliphatic carbocycles. The molecule has 38 heavy (non-hydrogen) atoms. The number of benzene rings is 2. The number of rotatable bonds is 7. The zero-order valence-corrected chi connectivity index (χ0v) is 23.5. The van der Waals surface area contributed by atoms with Crippen molar-refractivity contribution in [1.29, 1.82) is 0 Å². The zero-order valence-electron chi connectivity index (χ0n) is 23.5. The van der Waals surface area contributed by atoms with Crippen LogP contribution in [-0.2, 0) is 14.3 Å². The van der Waals surface area contributed by atoms with Gasteiger partial charge in [0.1, 0.15) is 6.04 Å². The highest BCUT2D eigenvalue weighted by Crippen LogP contribution is 2.42. The van der Waals surface area contributed by atoms with Gasteiger partial charge in [-0.25, -0.2) is 4.79 Å². The second-order valence-corrected chi connectivity index (χ2v) is 11.8. The fourth-order valence-electron chi connectivity index (χ4n) is 6.08. The van der Waals surface area contributed by atoms with Crippen LogP contribution in [0.5, 0.6) is 0 Å². The van der Waals surface area contributed by atoms with Crippen LogP contribution in [0.4, 0.5) is 0 Å². The molecule has 0 aromatic heterocycles. The molecule has 4 atom stereocenters. The van der Waals surface area contributed by atoms with E-state index < -0.39 is 12.0 Å². The van der Waals surface area contributed by atoms with Gasteiger partial charge in [-0.3, -0.25) is 9.69 Å². The summed E-state index contributed by atoms with van der Waals surface area (Å²) in [6.07, 6.45) is 3.53. The molecule has 2 heterocycles. The van der Waals surface area contributed by atoms with Crippen molar-refractivity contribution in [2.45, 2.75) is 77.4 Å². The van der Waals surface area contributed by atoms with Crippen LogP contribution in [0.1, 0.15) is 70.4 Å². The van der Waals surface area contributed by atoms with Crippen molar-refractivity contribution in [1.82, 2.24) is 9.80 Å². The molecule has 5 heteroatoms. The van der Waals surface area contributed by atoms with Gasteiger partial charge in [0.15, 0.2) is 0 Å². The zero-order chi connectivity index (χ0) is 27.3. The number of esters is 1. The first-order valence-corrected chi connectivity index (χ1v) is 14.0. The van der Waals surface area contributed by atoms with Gasteiger partial charge in [0.2, 0.25) is 5.91 Å². The van der Waals surface area contributed by atoms with Gasteiger partial charge >= 0.3 is 5.97 Å². The quantitative estimate of drug-likeness (QED) is 0.362. The van der Waals surface area contributed by atoms with E-state index in [0.29, 0.717) is 13.2 Å². The molecule has 1 saturated carbocycles. The monoisotopic (exact) mass is 514 g/mol. The van der Waals surface area contributed by atoms with E-state index in [1.165, 1.54) is 0 Å². The molecule has 202 valence electrons. The smallest absolute Gasteiger partial charge is 0.329 e. The molecule has 2 aromatic rings. The summed E-state index contributed by atoms with van der Waals surface area (Å²) in [6.45, 7) is 9.18. The predicted octanol–water partition coefficient (Wildman–Crippen LogP) is 5.50. The average molecular weight is 515 g/mol. The van der Waals surface area contributed by atoms with Crippen LogP contribution in [0.2, 0.25) is 0 Å². The Morgan fingerprint density at radius 1 is 1.00 bits per heavy atom. The normalized spacial score (nSPS) is 23.1. The Hall–Kier alpha value is -3.10. The number of carbonyl (C=O) groups excluding carboxylic acids is 2. The summed E-state index contributed by atoms with van der Waals surface area (Å²) < 4.78 is 5.59. The predicted molar refractivity (Wildman–Crippen MR) is 151 cm³/mol. The van der Waals surface area contributed by atoms with Crippen molar-refractivity contribution >= 4 is 11.9 Å². The molecule has 0 N–H and O–H groups in total. The summed E-state index contributed by atoms with van der Waals surface area (Å²) in [6, 6.07) is 19.5. The van der Waals surface area contributed by atoms with Gasteiger partial charge in [0.05, 0.1) is 19.1 Å². The first-order chi connectivity index (χ1) is 18.2. The molecule has 2 saturated heterocycles. The molecule has 0 spiro atoms. The second-order valence-electron chi connectivity index (χ2n) is 11.8. The van der Waals surface area contributed by atoms with Crippen molar-refractivity contribution in [3.8, 4) is 11.8 Å². The fourth-order valence-corrected chi connectivity index (χ4v) is 6.08. The van der Waals surface area contributed by atoms with Crippen molar-refractivity contribution in [3.63, 3.8) is 0 Å². The van der Waals surface area contributed by atoms with E-state index in [1.807, 2.05) is 72.5 Å². The van der Waals surface area contributed by atoms with Crippen LogP contribution in [-0.4, -0.2) is 60.0 Å². The molecular weight excluding hydrogens is 472 g/mol. The lowest BCUT2D eigenvalue weighted by Gasteiger charge is -2.44. The van der Waals surface area contributed by atoms with Gasteiger partial charge in [-0.05, 0) is 77.5 Å². The van der Waals surface area contributed by atoms with Gasteiger partial charge in [-0.15, -0.1) is 0 Å². The van der Waals surface area contributed by atoms with E-state index >= 15 is 0 Å². The molecule has 2 aliphatic heterocycles. The maximum Gasteiger partial charge on any atom is 0.329 e. The Bertz CT molecular complexity index is 1110. The number of carbonyl (C=O) groups is 2. The third-order valence-corrected chi connectivity index (χ3v) is 7.84. The van der Waals surface area contributed by atoms with E-state index in [4.69, 9.17) is 4.74 Å². The van der Waals surface area contributed by atoms with Crippen molar-refractivity contribution in [2.24, 2.45) is 11.3 Å². The topological polar surface area (TPSA) is 49.9 Å². The Labute approximate surface area is 228 Å². The average Bonchev–Trinajstić information content (AvgIpc) is 3.20. The number of hydrogen-bond acceptors (Lipinski definition) is 4. The van der Waals surface area contributed by atoms with Crippen LogP contribution in [0.25, 0.3) is 0 Å². The molecule has 2 unspecified atom stereocenters. The number of nitrogens with zero attached hydrogens (tertiary/aromatic N) is 2. The van der Waals surface area contributed by atoms with Crippen LogP contribution < -0.4 is 0 Å². The molecule has 1 amide bonds. The summed E-state index contributed by atoms with van der Waals surface area (Å²) in [7, 11) is 2.12. The SMILES string of the molecule is CCOC(=O)[C@@H]1C2CC[C@@H](CC(N(C)CC#CC(C)(C)C)C2)N1C(=O)C(c1ccccc1)c1ccccc1. The summed E-state index contributed by atoms with van der Waals surface area (Å²) in [4.78, 5) is 32.3. The Morgan fingerprint density at radius 3 is 2.16 bits per heavy atom. The Morgan fingerprint density at radius 2 is 1.61 bits per heavy atom. The van der Waals surface area contributed by atoms with Crippen molar-refractivity contribution in [3.05, 3.63) is 71.8 Å². The Balaban J connectivity index is 1.69. The van der Waals surface area contributed by atoms with Gasteiger partial charge in [0, 0.05) is 17.5 Å². The van der Waals surface area contributed by atoms with Gasteiger partial charge in [0.25, 0.3) is 0 Å². The number of ether oxygens (including phenoxy) is 1. The largest absolute Gasteiger partial charge is 0.464 e. The molecule has 3 fully saturated rings. The fraction of sp³-hybridized carbons (Fsp3) is 0.515. The summed E-state index contributed by atoms with van der Waals surface area (Å²) in [5, 5.41) is 0. The first-order valence-electron chi connectivity index (χ1n) is 14.0. The van der Waals surface area contributed by atoms with E-state index in [1.54, 1.807) is 0 Å². The highest BCUT2D eigenvalue weighted by molar-refractivity contribution is 5.92. The lowest BCUT2D eigenvalue weighted by Crippen LogP contribution is -2.57. The number of piperidine rings is 1. The van der Waals surface area contributed by atoms with Gasteiger partial charge in [-0.1, -0.05) is 72.5 Å². The summed E-state index contributed by atoms with van der Waals surface area (Å²) >= 11 is 0. The highest BCUT2D eigenvalue weighted by Gasteiger charge is 2.50. The molecule has 2 aromatic carbocycles. The molecule has 3 aliphatic rings. The molecular formula is C33H42N2O3. The number of amides is 1. The maximum absolute atomic E-state index is 14.6. The molecule has 5 rings (SSSR count). The van der Waals surface area contributed by atoms with E-state index in [0.717, 1.165) is 36.8 Å². The van der Waals surface area contributed by atoms with Crippen molar-refractivity contribution < 1.29 is 14.3 Å². The third kappa shape index (κ3) is 6.48. The number of fused-ring (bicyclic) bond motifs is 4. The standard InChI is InChI=1S/C33H42N2O3/c1-6-38-32(37)30-26-18-19-27(23-28(22-26)34(5)21-13-20-33(2,3)4)35(30)31(36)29(24-14-9-7-10-15-24)25-16-11-8-12-17-25/h7-12,14-17,26-30H,6,18-19,21-23H2,1-5H3/t26?,27-,28?,30-/m0/s1. The second kappa shape index (κ2) is 12.2. The van der Waals surface area contributed by atoms with E-state index in [9.17, 15) is 9.59 Å².